The van der Waals surface area contributed by atoms with E-state index < -0.39 is 17.2 Å². The van der Waals surface area contributed by atoms with Gasteiger partial charge in [0.05, 0.1) is 24.5 Å². The van der Waals surface area contributed by atoms with Crippen LogP contribution in [0.1, 0.15) is 29.9 Å². The Morgan fingerprint density at radius 3 is 2.43 bits per heavy atom. The molecule has 2 aromatic rings. The summed E-state index contributed by atoms with van der Waals surface area (Å²) in [6.45, 7) is 2.96. The van der Waals surface area contributed by atoms with Crippen LogP contribution in [0.3, 0.4) is 0 Å². The Balaban J connectivity index is 2.46. The molecule has 1 aromatic carbocycles. The van der Waals surface area contributed by atoms with Crippen molar-refractivity contribution in [1.29, 1.82) is 0 Å². The number of aliphatic carboxylic acids is 1. The molecule has 1 aromatic heterocycles. The zero-order valence-electron chi connectivity index (χ0n) is 13.2. The first-order chi connectivity index (χ1) is 10.7. The van der Waals surface area contributed by atoms with Crippen LogP contribution in [0.15, 0.2) is 12.1 Å². The maximum atomic E-state index is 14.5. The van der Waals surface area contributed by atoms with Gasteiger partial charge in [0.1, 0.15) is 0 Å². The van der Waals surface area contributed by atoms with Crippen molar-refractivity contribution in [1.82, 2.24) is 0 Å². The van der Waals surface area contributed by atoms with Gasteiger partial charge < -0.3 is 14.6 Å². The fourth-order valence-electron chi connectivity index (χ4n) is 2.14. The number of halogens is 1. The third-order valence-electron chi connectivity index (χ3n) is 3.56. The zero-order valence-corrected chi connectivity index (χ0v) is 14.0. The number of methoxy groups -OCH3 is 2. The lowest BCUT2D eigenvalue weighted by Gasteiger charge is -2.16. The van der Waals surface area contributed by atoms with E-state index in [4.69, 9.17) is 14.6 Å². The van der Waals surface area contributed by atoms with E-state index in [1.54, 1.807) is 6.07 Å². The first-order valence-electron chi connectivity index (χ1n) is 6.82. The van der Waals surface area contributed by atoms with Gasteiger partial charge in [0.2, 0.25) is 0 Å². The van der Waals surface area contributed by atoms with Crippen molar-refractivity contribution in [3.63, 3.8) is 0 Å². The summed E-state index contributed by atoms with van der Waals surface area (Å²) in [5.41, 5.74) is -1.18. The summed E-state index contributed by atoms with van der Waals surface area (Å²) in [5.74, 6) is -1.78. The van der Waals surface area contributed by atoms with Crippen LogP contribution in [0.5, 0.6) is 11.5 Å². The number of ether oxygens (including phenoxy) is 2. The van der Waals surface area contributed by atoms with Gasteiger partial charge in [-0.05, 0) is 19.9 Å². The normalized spacial score (nSPS) is 11.5. The molecule has 1 heterocycles. The molecule has 23 heavy (non-hydrogen) atoms. The van der Waals surface area contributed by atoms with Gasteiger partial charge in [-0.3, -0.25) is 9.59 Å². The average molecular weight is 340 g/mol. The Labute approximate surface area is 136 Å². The molecule has 0 aliphatic rings. The van der Waals surface area contributed by atoms with Gasteiger partial charge in [-0.25, -0.2) is 4.39 Å². The molecule has 0 atom stereocenters. The number of hydrogen-bond donors (Lipinski definition) is 1. The van der Waals surface area contributed by atoms with Crippen LogP contribution in [0.4, 0.5) is 4.39 Å². The lowest BCUT2D eigenvalue weighted by molar-refractivity contribution is -0.146. The van der Waals surface area contributed by atoms with E-state index >= 15 is 0 Å². The standard InChI is InChI=1S/C16H17FO5S/c1-16(2,15(19)20)7-9(18)12-5-8-11(23-12)6-10(21-3)14(22-4)13(8)17/h5-6H,7H2,1-4H3,(H,19,20). The van der Waals surface area contributed by atoms with Crippen molar-refractivity contribution in [2.75, 3.05) is 14.2 Å². The maximum absolute atomic E-state index is 14.5. The van der Waals surface area contributed by atoms with E-state index in [2.05, 4.69) is 0 Å². The Bertz CT molecular complexity index is 778. The van der Waals surface area contributed by atoms with Crippen molar-refractivity contribution in [3.8, 4) is 11.5 Å². The number of Topliss-reactive ketones (excluding diaryl/α,β-unsaturated/α-hetero) is 1. The molecule has 2 rings (SSSR count). The van der Waals surface area contributed by atoms with Crippen molar-refractivity contribution < 1.29 is 28.6 Å². The molecule has 124 valence electrons. The van der Waals surface area contributed by atoms with E-state index in [0.29, 0.717) is 9.58 Å². The van der Waals surface area contributed by atoms with Gasteiger partial charge in [0.15, 0.2) is 23.1 Å². The van der Waals surface area contributed by atoms with Crippen LogP contribution < -0.4 is 9.47 Å². The summed E-state index contributed by atoms with van der Waals surface area (Å²) < 4.78 is 25.1. The number of benzene rings is 1. The van der Waals surface area contributed by atoms with Crippen LogP contribution in [-0.2, 0) is 4.79 Å². The molecule has 1 N–H and O–H groups in total. The number of ketones is 1. The predicted molar refractivity (Wildman–Crippen MR) is 85.3 cm³/mol. The summed E-state index contributed by atoms with van der Waals surface area (Å²) in [5, 5.41) is 9.37. The summed E-state index contributed by atoms with van der Waals surface area (Å²) in [6, 6.07) is 3.03. The van der Waals surface area contributed by atoms with E-state index in [-0.39, 0.29) is 29.1 Å². The zero-order chi connectivity index (χ0) is 17.4. The van der Waals surface area contributed by atoms with Crippen molar-refractivity contribution in [2.45, 2.75) is 20.3 Å². The van der Waals surface area contributed by atoms with Gasteiger partial charge >= 0.3 is 5.97 Å². The first-order valence-corrected chi connectivity index (χ1v) is 7.63. The summed E-state index contributed by atoms with van der Waals surface area (Å²) >= 11 is 1.10. The molecule has 0 saturated carbocycles. The van der Waals surface area contributed by atoms with Crippen molar-refractivity contribution in [3.05, 3.63) is 22.8 Å². The third kappa shape index (κ3) is 3.14. The number of carboxylic acids is 1. The summed E-state index contributed by atoms with van der Waals surface area (Å²) in [6.07, 6.45) is -0.162. The first kappa shape index (κ1) is 17.2. The molecule has 0 unspecified atom stereocenters. The molecule has 7 heteroatoms. The smallest absolute Gasteiger partial charge is 0.309 e. The van der Waals surface area contributed by atoms with Crippen LogP contribution in [-0.4, -0.2) is 31.1 Å². The van der Waals surface area contributed by atoms with Crippen LogP contribution >= 0.6 is 11.3 Å². The highest BCUT2D eigenvalue weighted by atomic mass is 32.1. The highest BCUT2D eigenvalue weighted by molar-refractivity contribution is 7.20. The van der Waals surface area contributed by atoms with Gasteiger partial charge in [-0.2, -0.15) is 0 Å². The predicted octanol–water partition coefficient (Wildman–Crippen LogP) is 3.74. The van der Waals surface area contributed by atoms with E-state index in [0.717, 1.165) is 11.3 Å². The molecule has 0 amide bonds. The van der Waals surface area contributed by atoms with Crippen molar-refractivity contribution in [2.24, 2.45) is 5.41 Å². The Kier molecular flexibility index (Phi) is 4.61. The molecule has 0 saturated heterocycles. The second kappa shape index (κ2) is 6.16. The Morgan fingerprint density at radius 1 is 1.26 bits per heavy atom. The number of hydrogen-bond acceptors (Lipinski definition) is 5. The number of rotatable bonds is 6. The largest absolute Gasteiger partial charge is 0.493 e. The van der Waals surface area contributed by atoms with Gasteiger partial charge in [0, 0.05) is 22.6 Å². The van der Waals surface area contributed by atoms with Gasteiger partial charge in [-0.15, -0.1) is 11.3 Å². The molecule has 0 aliphatic heterocycles. The second-order valence-corrected chi connectivity index (χ2v) is 6.82. The average Bonchev–Trinajstić information content (AvgIpc) is 2.90. The van der Waals surface area contributed by atoms with Crippen molar-refractivity contribution >= 4 is 33.2 Å². The number of carbonyl (C=O) groups excluding carboxylic acids is 1. The minimum atomic E-state index is -1.18. The Hall–Kier alpha value is -2.15. The number of carbonyl (C=O) groups is 2. The Morgan fingerprint density at radius 2 is 1.91 bits per heavy atom. The number of carboxylic acid groups (broad SMARTS) is 1. The highest BCUT2D eigenvalue weighted by Gasteiger charge is 2.31. The van der Waals surface area contributed by atoms with E-state index in [1.807, 2.05) is 0 Å². The summed E-state index contributed by atoms with van der Waals surface area (Å²) in [7, 11) is 2.73. The second-order valence-electron chi connectivity index (χ2n) is 5.74. The topological polar surface area (TPSA) is 72.8 Å². The van der Waals surface area contributed by atoms with Crippen LogP contribution in [0, 0.1) is 11.2 Å². The molecule has 5 nitrogen and oxygen atoms in total. The molecular formula is C16H17FO5S. The number of thiophene rings is 1. The molecule has 0 radical (unpaired) electrons. The SMILES string of the molecule is COc1cc2sc(C(=O)CC(C)(C)C(=O)O)cc2c(F)c1OC. The molecule has 0 bridgehead atoms. The van der Waals surface area contributed by atoms with Gasteiger partial charge in [0.25, 0.3) is 0 Å². The lowest BCUT2D eigenvalue weighted by Crippen LogP contribution is -2.26. The molecule has 0 fully saturated rings. The fourth-order valence-corrected chi connectivity index (χ4v) is 3.17. The third-order valence-corrected chi connectivity index (χ3v) is 4.69. The quantitative estimate of drug-likeness (QED) is 0.811. The molecule has 0 spiro atoms. The minimum absolute atomic E-state index is 0.0253. The van der Waals surface area contributed by atoms with E-state index in [9.17, 15) is 14.0 Å². The fraction of sp³-hybridized carbons (Fsp3) is 0.375. The number of fused-ring (bicyclic) bond motifs is 1. The molecular weight excluding hydrogens is 323 g/mol. The highest BCUT2D eigenvalue weighted by Crippen LogP contribution is 2.40. The molecule has 0 aliphatic carbocycles. The van der Waals surface area contributed by atoms with E-state index in [1.165, 1.54) is 34.1 Å². The monoisotopic (exact) mass is 340 g/mol. The lowest BCUT2D eigenvalue weighted by atomic mass is 9.87. The van der Waals surface area contributed by atoms with Gasteiger partial charge in [-0.1, -0.05) is 0 Å². The minimum Gasteiger partial charge on any atom is -0.493 e. The van der Waals surface area contributed by atoms with Crippen LogP contribution in [0.25, 0.3) is 10.1 Å². The maximum Gasteiger partial charge on any atom is 0.309 e. The summed E-state index contributed by atoms with van der Waals surface area (Å²) in [4.78, 5) is 23.8. The van der Waals surface area contributed by atoms with Crippen LogP contribution in [0.2, 0.25) is 0 Å².